The highest BCUT2D eigenvalue weighted by Crippen LogP contribution is 2.15. The predicted molar refractivity (Wildman–Crippen MR) is 45.0 cm³/mol. The number of nitriles is 1. The zero-order valence-corrected chi connectivity index (χ0v) is 6.77. The second kappa shape index (κ2) is 4.12. The van der Waals surface area contributed by atoms with Gasteiger partial charge in [0.05, 0.1) is 6.07 Å². The Morgan fingerprint density at radius 1 is 1.46 bits per heavy atom. The van der Waals surface area contributed by atoms with Crippen LogP contribution in [0.3, 0.4) is 0 Å². The highest BCUT2D eigenvalue weighted by atomic mass is 16.1. The van der Waals surface area contributed by atoms with E-state index in [1.807, 2.05) is 0 Å². The van der Waals surface area contributed by atoms with Crippen molar-refractivity contribution in [1.29, 1.82) is 10.8 Å². The van der Waals surface area contributed by atoms with E-state index in [4.69, 9.17) is 10.8 Å². The van der Waals surface area contributed by atoms with Crippen LogP contribution in [0.5, 0.6) is 0 Å². The second-order valence-electron chi connectivity index (χ2n) is 2.42. The Labute approximate surface area is 75.3 Å². The van der Waals surface area contributed by atoms with E-state index in [0.29, 0.717) is 5.56 Å². The second-order valence-corrected chi connectivity index (χ2v) is 2.42. The quantitative estimate of drug-likeness (QED) is 0.692. The summed E-state index contributed by atoms with van der Waals surface area (Å²) in [6.07, 6.45) is 0. The molecule has 1 atom stereocenters. The van der Waals surface area contributed by atoms with Gasteiger partial charge in [0.15, 0.2) is 5.92 Å². The van der Waals surface area contributed by atoms with Crippen LogP contribution < -0.4 is 0 Å². The van der Waals surface area contributed by atoms with Gasteiger partial charge in [0, 0.05) is 0 Å². The lowest BCUT2D eigenvalue weighted by Gasteiger charge is -2.02. The Morgan fingerprint density at radius 2 is 2.08 bits per heavy atom. The van der Waals surface area contributed by atoms with E-state index >= 15 is 0 Å². The van der Waals surface area contributed by atoms with Gasteiger partial charge in [-0.1, -0.05) is 30.3 Å². The maximum atomic E-state index is 11.0. The third-order valence-corrected chi connectivity index (χ3v) is 1.62. The molecule has 1 N–H and O–H groups in total. The lowest BCUT2D eigenvalue weighted by atomic mass is 10.0. The molecule has 0 aliphatic rings. The molecule has 1 aromatic rings. The van der Waals surface area contributed by atoms with Crippen molar-refractivity contribution in [2.45, 2.75) is 5.92 Å². The van der Waals surface area contributed by atoms with Crippen LogP contribution in [0.4, 0.5) is 0 Å². The first kappa shape index (κ1) is 9.07. The van der Waals surface area contributed by atoms with Crippen LogP contribution in [-0.4, -0.2) is 5.91 Å². The minimum absolute atomic E-state index is 0.575. The van der Waals surface area contributed by atoms with Crippen LogP contribution in [-0.2, 0) is 4.79 Å². The fraction of sp³-hybridized carbons (Fsp3) is 0.111. The van der Waals surface area contributed by atoms with E-state index in [1.54, 1.807) is 36.4 Å². The number of rotatable bonds is 2. The minimum atomic E-state index is -0.946. The van der Waals surface area contributed by atoms with Gasteiger partial charge < -0.3 is 0 Å². The van der Waals surface area contributed by atoms with Crippen molar-refractivity contribution in [2.75, 3.05) is 0 Å². The Kier molecular flexibility index (Phi) is 2.87. The highest BCUT2D eigenvalue weighted by molar-refractivity contribution is 5.86. The Hall–Kier alpha value is -2.02. The van der Waals surface area contributed by atoms with Crippen molar-refractivity contribution in [3.63, 3.8) is 0 Å². The normalized spacial score (nSPS) is 11.3. The maximum Gasteiger partial charge on any atom is 0.285 e. The van der Waals surface area contributed by atoms with Crippen molar-refractivity contribution < 1.29 is 4.79 Å². The molecule has 0 aromatic heterocycles. The zero-order chi connectivity index (χ0) is 9.68. The molecule has 0 spiro atoms. The fourth-order valence-electron chi connectivity index (χ4n) is 0.982. The zero-order valence-electron chi connectivity index (χ0n) is 6.77. The van der Waals surface area contributed by atoms with Crippen molar-refractivity contribution in [1.82, 2.24) is 0 Å². The van der Waals surface area contributed by atoms with Gasteiger partial charge in [-0.25, -0.2) is 5.53 Å². The molecular formula is C9H7N3O. The molecule has 64 valence electrons. The molecule has 0 radical (unpaired) electrons. The van der Waals surface area contributed by atoms with E-state index in [2.05, 4.69) is 5.11 Å². The number of carbonyl (C=O) groups excluding carboxylic acids is 1. The van der Waals surface area contributed by atoms with Crippen LogP contribution in [0, 0.1) is 16.9 Å². The van der Waals surface area contributed by atoms with Gasteiger partial charge in [-0.05, 0) is 5.56 Å². The molecule has 0 aliphatic carbocycles. The molecule has 1 amide bonds. The van der Waals surface area contributed by atoms with Gasteiger partial charge in [-0.2, -0.15) is 5.26 Å². The standard InChI is InChI=1S/C9H7N3O/c10-6-8(9(13)12-11)7-4-2-1-3-5-7/h1-5,8,11H. The van der Waals surface area contributed by atoms with E-state index < -0.39 is 11.8 Å². The summed E-state index contributed by atoms with van der Waals surface area (Å²) in [7, 11) is 0. The van der Waals surface area contributed by atoms with E-state index in [1.165, 1.54) is 0 Å². The van der Waals surface area contributed by atoms with Gasteiger partial charge in [-0.15, -0.1) is 5.11 Å². The highest BCUT2D eigenvalue weighted by Gasteiger charge is 2.18. The summed E-state index contributed by atoms with van der Waals surface area (Å²) in [4.78, 5) is 11.0. The minimum Gasteiger partial charge on any atom is -0.269 e. The molecule has 0 bridgehead atoms. The average Bonchev–Trinajstić information content (AvgIpc) is 2.20. The number of nitrogens with one attached hydrogen (secondary N) is 1. The van der Waals surface area contributed by atoms with Crippen molar-refractivity contribution in [3.05, 3.63) is 35.9 Å². The third-order valence-electron chi connectivity index (χ3n) is 1.62. The molecule has 4 heteroatoms. The van der Waals surface area contributed by atoms with Crippen molar-refractivity contribution in [2.24, 2.45) is 5.11 Å². The van der Waals surface area contributed by atoms with E-state index in [9.17, 15) is 4.79 Å². The average molecular weight is 173 g/mol. The number of benzene rings is 1. The summed E-state index contributed by atoms with van der Waals surface area (Å²) in [5.74, 6) is -1.67. The van der Waals surface area contributed by atoms with Crippen molar-refractivity contribution >= 4 is 5.91 Å². The molecule has 1 rings (SSSR count). The van der Waals surface area contributed by atoms with E-state index in [0.717, 1.165) is 0 Å². The summed E-state index contributed by atoms with van der Waals surface area (Å²) >= 11 is 0. The number of amides is 1. The van der Waals surface area contributed by atoms with Gasteiger partial charge >= 0.3 is 0 Å². The van der Waals surface area contributed by atoms with E-state index in [-0.39, 0.29) is 0 Å². The first-order chi connectivity index (χ1) is 6.29. The molecule has 13 heavy (non-hydrogen) atoms. The molecule has 0 aliphatic heterocycles. The Bertz CT molecular complexity index is 353. The molecule has 1 aromatic carbocycles. The van der Waals surface area contributed by atoms with Gasteiger partial charge in [0.25, 0.3) is 5.91 Å². The summed E-state index contributed by atoms with van der Waals surface area (Å²) in [5, 5.41) is 11.4. The lowest BCUT2D eigenvalue weighted by molar-refractivity contribution is -0.118. The third kappa shape index (κ3) is 1.97. The fourth-order valence-corrected chi connectivity index (χ4v) is 0.982. The molecule has 0 heterocycles. The smallest absolute Gasteiger partial charge is 0.269 e. The van der Waals surface area contributed by atoms with Gasteiger partial charge in [0.1, 0.15) is 0 Å². The van der Waals surface area contributed by atoms with Gasteiger partial charge in [0.2, 0.25) is 0 Å². The molecule has 0 saturated heterocycles. The Morgan fingerprint density at radius 3 is 2.54 bits per heavy atom. The SMILES string of the molecule is N#CC(C(=O)N=N)c1ccccc1. The molecular weight excluding hydrogens is 166 g/mol. The summed E-state index contributed by atoms with van der Waals surface area (Å²) < 4.78 is 0. The lowest BCUT2D eigenvalue weighted by Crippen LogP contribution is -2.06. The topological polar surface area (TPSA) is 77.1 Å². The first-order valence-electron chi connectivity index (χ1n) is 3.65. The monoisotopic (exact) mass is 173 g/mol. The van der Waals surface area contributed by atoms with Crippen LogP contribution in [0.25, 0.3) is 0 Å². The molecule has 1 unspecified atom stereocenters. The number of nitrogens with zero attached hydrogens (tertiary/aromatic N) is 2. The molecule has 0 saturated carbocycles. The number of hydrogen-bond donors (Lipinski definition) is 1. The largest absolute Gasteiger partial charge is 0.285 e. The first-order valence-corrected chi connectivity index (χ1v) is 3.65. The molecule has 0 fully saturated rings. The number of hydrogen-bond acceptors (Lipinski definition) is 3. The molecule has 4 nitrogen and oxygen atoms in total. The van der Waals surface area contributed by atoms with Crippen LogP contribution in [0.15, 0.2) is 35.4 Å². The van der Waals surface area contributed by atoms with Gasteiger partial charge in [-0.3, -0.25) is 4.79 Å². The maximum absolute atomic E-state index is 11.0. The van der Waals surface area contributed by atoms with Crippen molar-refractivity contribution in [3.8, 4) is 6.07 Å². The van der Waals surface area contributed by atoms with Crippen LogP contribution >= 0.6 is 0 Å². The number of carbonyl (C=O) groups is 1. The Balaban J connectivity index is 3.00. The summed E-state index contributed by atoms with van der Waals surface area (Å²) in [6.45, 7) is 0. The van der Waals surface area contributed by atoms with Crippen LogP contribution in [0.1, 0.15) is 11.5 Å². The van der Waals surface area contributed by atoms with Crippen LogP contribution in [0.2, 0.25) is 0 Å². The summed E-state index contributed by atoms with van der Waals surface area (Å²) in [6, 6.07) is 10.4. The predicted octanol–water partition coefficient (Wildman–Crippen LogP) is 1.85. The summed E-state index contributed by atoms with van der Waals surface area (Å²) in [5.41, 5.74) is 7.09.